The molecular weight excluding hydrogens is 710 g/mol. The molecule has 314 valence electrons. The molecule has 1 aromatic rings. The van der Waals surface area contributed by atoms with Crippen molar-refractivity contribution in [2.75, 3.05) is 170 Å². The zero-order valence-corrected chi connectivity index (χ0v) is 32.7. The van der Waals surface area contributed by atoms with Crippen LogP contribution >= 0.6 is 0 Å². The smallest absolute Gasteiger partial charge is 0.338 e. The second-order valence-electron chi connectivity index (χ2n) is 11.3. The van der Waals surface area contributed by atoms with Crippen LogP contribution in [-0.4, -0.2) is 177 Å². The van der Waals surface area contributed by atoms with Crippen LogP contribution < -0.4 is 5.32 Å². The number of carbonyl (C=O) groups is 2. The lowest BCUT2D eigenvalue weighted by molar-refractivity contribution is -0.144. The Labute approximate surface area is 321 Å². The summed E-state index contributed by atoms with van der Waals surface area (Å²) in [7, 11) is 0. The van der Waals surface area contributed by atoms with Gasteiger partial charge in [0.2, 0.25) is 0 Å². The summed E-state index contributed by atoms with van der Waals surface area (Å²) in [5, 5.41) is 3.32. The number of unbranched alkanes of at least 4 members (excludes halogenated alkanes) is 1. The minimum Gasteiger partial charge on any atom is -0.466 e. The van der Waals surface area contributed by atoms with Crippen LogP contribution in [0.4, 0.5) is 5.69 Å². The third kappa shape index (κ3) is 34.0. The predicted octanol–water partition coefficient (Wildman–Crippen LogP) is 3.19. The van der Waals surface area contributed by atoms with E-state index in [2.05, 4.69) is 12.2 Å². The van der Waals surface area contributed by atoms with Crippen molar-refractivity contribution in [2.45, 2.75) is 33.1 Å². The van der Waals surface area contributed by atoms with Crippen LogP contribution in [-0.2, 0) is 66.4 Å². The van der Waals surface area contributed by atoms with Crippen molar-refractivity contribution in [3.05, 3.63) is 29.8 Å². The minimum atomic E-state index is -0.365. The van der Waals surface area contributed by atoms with E-state index in [4.69, 9.17) is 61.6 Å². The van der Waals surface area contributed by atoms with E-state index in [1.807, 2.05) is 12.1 Å². The average molecular weight is 778 g/mol. The molecule has 0 radical (unpaired) electrons. The molecular formula is C38H67NO15. The van der Waals surface area contributed by atoms with E-state index in [0.29, 0.717) is 158 Å². The Kier molecular flexibility index (Phi) is 36.9. The maximum atomic E-state index is 12.1. The fourth-order valence-corrected chi connectivity index (χ4v) is 4.10. The summed E-state index contributed by atoms with van der Waals surface area (Å²) in [4.78, 5) is 23.3. The molecule has 1 N–H and O–H groups in total. The molecule has 0 fully saturated rings. The highest BCUT2D eigenvalue weighted by Gasteiger charge is 2.07. The molecule has 0 aliphatic rings. The molecule has 0 saturated heterocycles. The molecule has 0 aliphatic heterocycles. The second kappa shape index (κ2) is 40.2. The van der Waals surface area contributed by atoms with E-state index in [1.165, 1.54) is 0 Å². The van der Waals surface area contributed by atoms with E-state index in [-0.39, 0.29) is 25.0 Å². The fourth-order valence-electron chi connectivity index (χ4n) is 4.10. The second-order valence-corrected chi connectivity index (χ2v) is 11.3. The predicted molar refractivity (Wildman–Crippen MR) is 200 cm³/mol. The van der Waals surface area contributed by atoms with E-state index in [1.54, 1.807) is 19.1 Å². The van der Waals surface area contributed by atoms with Crippen LogP contribution in [0.3, 0.4) is 0 Å². The van der Waals surface area contributed by atoms with Gasteiger partial charge in [-0.3, -0.25) is 4.79 Å². The van der Waals surface area contributed by atoms with E-state index < -0.39 is 0 Å². The monoisotopic (exact) mass is 777 g/mol. The lowest BCUT2D eigenvalue weighted by Crippen LogP contribution is -2.16. The molecule has 1 rings (SSSR count). The van der Waals surface area contributed by atoms with Gasteiger partial charge in [0.25, 0.3) is 0 Å². The summed E-state index contributed by atoms with van der Waals surface area (Å²) in [5.41, 5.74) is 1.51. The van der Waals surface area contributed by atoms with Crippen molar-refractivity contribution in [1.29, 1.82) is 0 Å². The number of carbonyl (C=O) groups excluding carboxylic acids is 2. The largest absolute Gasteiger partial charge is 0.466 e. The number of esters is 2. The summed E-state index contributed by atoms with van der Waals surface area (Å²) in [6.45, 7) is 15.4. The zero-order chi connectivity index (χ0) is 38.8. The number of ether oxygens (including phenoxy) is 13. The van der Waals surface area contributed by atoms with Gasteiger partial charge in [-0.2, -0.15) is 0 Å². The van der Waals surface area contributed by atoms with Gasteiger partial charge in [0.15, 0.2) is 0 Å². The Bertz CT molecular complexity index is 957. The van der Waals surface area contributed by atoms with Gasteiger partial charge < -0.3 is 66.9 Å². The van der Waals surface area contributed by atoms with Gasteiger partial charge in [0, 0.05) is 12.2 Å². The van der Waals surface area contributed by atoms with Gasteiger partial charge in [0.1, 0.15) is 6.61 Å². The van der Waals surface area contributed by atoms with Crippen molar-refractivity contribution >= 4 is 17.6 Å². The molecule has 0 spiro atoms. The first-order chi connectivity index (χ1) is 26.7. The average Bonchev–Trinajstić information content (AvgIpc) is 3.18. The van der Waals surface area contributed by atoms with Gasteiger partial charge >= 0.3 is 11.9 Å². The van der Waals surface area contributed by atoms with Crippen molar-refractivity contribution in [3.63, 3.8) is 0 Å². The third-order valence-electron chi connectivity index (χ3n) is 6.92. The van der Waals surface area contributed by atoms with Crippen LogP contribution in [0.15, 0.2) is 24.3 Å². The van der Waals surface area contributed by atoms with Gasteiger partial charge in [-0.15, -0.1) is 0 Å². The standard InChI is InChI=1S/C38H67NO15/c1-3-5-11-39-36-8-6-35(7-9-36)38(41)54-34-33-52-32-31-51-30-29-50-28-27-49-26-25-48-24-23-47-22-21-46-20-19-45-18-17-44-16-15-43-14-13-42-12-10-37(40)53-4-2/h6-9,39H,3-5,10-34H2,1-2H3. The zero-order valence-electron chi connectivity index (χ0n) is 32.7. The van der Waals surface area contributed by atoms with Crippen LogP contribution in [0.2, 0.25) is 0 Å². The SMILES string of the molecule is CCCCNc1ccc(C(=O)OCCOCCOCCOCCOCCOCCOCCOCCOCCOCCOCCOCCC(=O)OCC)cc1. The normalized spacial score (nSPS) is 11.2. The van der Waals surface area contributed by atoms with E-state index >= 15 is 0 Å². The van der Waals surface area contributed by atoms with Gasteiger partial charge in [0.05, 0.1) is 164 Å². The van der Waals surface area contributed by atoms with Gasteiger partial charge in [-0.05, 0) is 37.6 Å². The van der Waals surface area contributed by atoms with Gasteiger partial charge in [-0.1, -0.05) is 13.3 Å². The minimum absolute atomic E-state index is 0.185. The van der Waals surface area contributed by atoms with Crippen molar-refractivity contribution in [3.8, 4) is 0 Å². The summed E-state index contributed by atoms with van der Waals surface area (Å²) < 4.78 is 70.0. The Morgan fingerprint density at radius 3 is 1.11 bits per heavy atom. The lowest BCUT2D eigenvalue weighted by atomic mass is 10.2. The Balaban J connectivity index is 1.68. The summed E-state index contributed by atoms with van der Waals surface area (Å²) >= 11 is 0. The maximum Gasteiger partial charge on any atom is 0.338 e. The molecule has 0 unspecified atom stereocenters. The van der Waals surface area contributed by atoms with Crippen molar-refractivity contribution < 1.29 is 71.2 Å². The molecule has 0 saturated carbocycles. The highest BCUT2D eigenvalue weighted by molar-refractivity contribution is 5.89. The van der Waals surface area contributed by atoms with Crippen molar-refractivity contribution in [1.82, 2.24) is 0 Å². The van der Waals surface area contributed by atoms with E-state index in [9.17, 15) is 9.59 Å². The molecule has 0 bridgehead atoms. The highest BCUT2D eigenvalue weighted by Crippen LogP contribution is 2.11. The quantitative estimate of drug-likeness (QED) is 0.0759. The topological polar surface area (TPSA) is 166 Å². The number of hydrogen-bond donors (Lipinski definition) is 1. The third-order valence-corrected chi connectivity index (χ3v) is 6.92. The molecule has 0 atom stereocenters. The van der Waals surface area contributed by atoms with E-state index in [0.717, 1.165) is 25.1 Å². The fraction of sp³-hybridized carbons (Fsp3) is 0.789. The molecule has 16 heteroatoms. The first kappa shape index (κ1) is 49.5. The number of rotatable bonds is 42. The molecule has 0 heterocycles. The van der Waals surface area contributed by atoms with Crippen LogP contribution in [0, 0.1) is 0 Å². The number of anilines is 1. The highest BCUT2D eigenvalue weighted by atomic mass is 16.6. The number of benzene rings is 1. The van der Waals surface area contributed by atoms with Crippen LogP contribution in [0.1, 0.15) is 43.5 Å². The van der Waals surface area contributed by atoms with Crippen LogP contribution in [0.5, 0.6) is 0 Å². The number of nitrogens with one attached hydrogen (secondary N) is 1. The Morgan fingerprint density at radius 1 is 0.444 bits per heavy atom. The molecule has 0 aliphatic carbocycles. The lowest BCUT2D eigenvalue weighted by Gasteiger charge is -2.09. The summed E-state index contributed by atoms with van der Waals surface area (Å²) in [6.07, 6.45) is 2.49. The summed E-state index contributed by atoms with van der Waals surface area (Å²) in [5.74, 6) is -0.620. The molecule has 0 aromatic heterocycles. The molecule has 0 amide bonds. The molecule has 16 nitrogen and oxygen atoms in total. The molecule has 54 heavy (non-hydrogen) atoms. The first-order valence-corrected chi connectivity index (χ1v) is 19.2. The Morgan fingerprint density at radius 2 is 0.778 bits per heavy atom. The van der Waals surface area contributed by atoms with Crippen LogP contribution in [0.25, 0.3) is 0 Å². The molecule has 1 aromatic carbocycles. The van der Waals surface area contributed by atoms with Crippen molar-refractivity contribution in [2.24, 2.45) is 0 Å². The summed E-state index contributed by atoms with van der Waals surface area (Å²) in [6, 6.07) is 7.28. The van der Waals surface area contributed by atoms with Gasteiger partial charge in [-0.25, -0.2) is 4.79 Å². The Hall–Kier alpha value is -2.48. The maximum absolute atomic E-state index is 12.1. The number of hydrogen-bond acceptors (Lipinski definition) is 16. The first-order valence-electron chi connectivity index (χ1n) is 19.2.